The summed E-state index contributed by atoms with van der Waals surface area (Å²) in [4.78, 5) is 1.68. The van der Waals surface area contributed by atoms with Gasteiger partial charge in [0, 0.05) is 18.0 Å². The third-order valence-electron chi connectivity index (χ3n) is 5.81. The van der Waals surface area contributed by atoms with Crippen LogP contribution in [0.15, 0.2) is 36.4 Å². The molecule has 1 aromatic heterocycles. The Labute approximate surface area is 162 Å². The number of nitriles is 1. The van der Waals surface area contributed by atoms with Gasteiger partial charge in [0.1, 0.15) is 25.2 Å². The highest BCUT2D eigenvalue weighted by molar-refractivity contribution is 5.93. The second kappa shape index (κ2) is 7.75. The summed E-state index contributed by atoms with van der Waals surface area (Å²) in [6.45, 7) is -1.26. The van der Waals surface area contributed by atoms with Crippen LogP contribution >= 0.6 is 0 Å². The molecule has 0 bridgehead atoms. The number of hydrogen-bond acceptors (Lipinski definition) is 2. The van der Waals surface area contributed by atoms with Gasteiger partial charge in [0.05, 0.1) is 28.5 Å². The minimum Gasteiger partial charge on any atom is -0.358 e. The van der Waals surface area contributed by atoms with Crippen molar-refractivity contribution in [1.82, 2.24) is 9.47 Å². The van der Waals surface area contributed by atoms with E-state index < -0.39 is 19.4 Å². The largest absolute Gasteiger partial charge is 0.358 e. The summed E-state index contributed by atoms with van der Waals surface area (Å²) >= 11 is 0. The number of rotatable bonds is 5. The number of halogens is 3. The van der Waals surface area contributed by atoms with Gasteiger partial charge in [0.25, 0.3) is 0 Å². The van der Waals surface area contributed by atoms with E-state index in [4.69, 9.17) is 0 Å². The predicted molar refractivity (Wildman–Crippen MR) is 104 cm³/mol. The summed E-state index contributed by atoms with van der Waals surface area (Å²) in [5.74, 6) is -0.361. The van der Waals surface area contributed by atoms with Crippen LogP contribution in [0.5, 0.6) is 0 Å². The number of hydrogen-bond donors (Lipinski definition) is 0. The second-order valence-electron chi connectivity index (χ2n) is 7.40. The van der Waals surface area contributed by atoms with Gasteiger partial charge in [-0.25, -0.2) is 13.2 Å². The van der Waals surface area contributed by atoms with E-state index in [1.54, 1.807) is 17.0 Å². The smallest absolute Gasteiger partial charge is 0.125 e. The SMILES string of the molecule is N#Cc1c(C2=CC=CCN2C(CF)CF)n(C2CCCC2)c2cc(F)ccc12. The van der Waals surface area contributed by atoms with Crippen LogP contribution in [-0.2, 0) is 0 Å². The van der Waals surface area contributed by atoms with E-state index >= 15 is 0 Å². The number of aromatic nitrogens is 1. The Morgan fingerprint density at radius 2 is 1.93 bits per heavy atom. The Hall–Kier alpha value is -2.68. The summed E-state index contributed by atoms with van der Waals surface area (Å²) in [6.07, 6.45) is 9.52. The summed E-state index contributed by atoms with van der Waals surface area (Å²) in [5, 5.41) is 10.6. The first-order chi connectivity index (χ1) is 13.7. The molecule has 0 amide bonds. The first-order valence-corrected chi connectivity index (χ1v) is 9.69. The van der Waals surface area contributed by atoms with Crippen molar-refractivity contribution in [2.24, 2.45) is 0 Å². The molecular formula is C22H22F3N3. The zero-order chi connectivity index (χ0) is 19.7. The Bertz CT molecular complexity index is 973. The van der Waals surface area contributed by atoms with Crippen LogP contribution in [0.25, 0.3) is 16.6 Å². The lowest BCUT2D eigenvalue weighted by atomic mass is 10.1. The highest BCUT2D eigenvalue weighted by Gasteiger charge is 2.31. The minimum atomic E-state index is -0.908. The monoisotopic (exact) mass is 385 g/mol. The molecule has 0 N–H and O–H groups in total. The van der Waals surface area contributed by atoms with E-state index in [0.29, 0.717) is 34.4 Å². The maximum atomic E-state index is 14.1. The normalized spacial score (nSPS) is 17.5. The lowest BCUT2D eigenvalue weighted by Crippen LogP contribution is -2.39. The molecule has 2 aliphatic rings. The summed E-state index contributed by atoms with van der Waals surface area (Å²) in [7, 11) is 0. The Balaban J connectivity index is 1.99. The van der Waals surface area contributed by atoms with Gasteiger partial charge in [-0.05, 0) is 37.1 Å². The van der Waals surface area contributed by atoms with Gasteiger partial charge in [-0.15, -0.1) is 0 Å². The van der Waals surface area contributed by atoms with E-state index in [2.05, 4.69) is 6.07 Å². The molecule has 4 rings (SSSR count). The van der Waals surface area contributed by atoms with Gasteiger partial charge in [0.2, 0.25) is 0 Å². The molecule has 2 heterocycles. The van der Waals surface area contributed by atoms with Crippen molar-refractivity contribution in [1.29, 1.82) is 5.26 Å². The first-order valence-electron chi connectivity index (χ1n) is 9.69. The molecule has 0 atom stereocenters. The van der Waals surface area contributed by atoms with Crippen molar-refractivity contribution in [3.8, 4) is 6.07 Å². The molecule has 1 aromatic carbocycles. The molecule has 0 unspecified atom stereocenters. The molecule has 3 nitrogen and oxygen atoms in total. The first kappa shape index (κ1) is 18.7. The number of alkyl halides is 2. The summed E-state index contributed by atoms with van der Waals surface area (Å²) in [6, 6.07) is 5.95. The maximum absolute atomic E-state index is 14.1. The molecule has 0 radical (unpaired) electrons. The van der Waals surface area contributed by atoms with Gasteiger partial charge < -0.3 is 9.47 Å². The van der Waals surface area contributed by atoms with Crippen molar-refractivity contribution in [3.05, 3.63) is 53.5 Å². The van der Waals surface area contributed by atoms with Crippen LogP contribution in [0.4, 0.5) is 13.2 Å². The van der Waals surface area contributed by atoms with Crippen molar-refractivity contribution < 1.29 is 13.2 Å². The highest BCUT2D eigenvalue weighted by Crippen LogP contribution is 2.41. The fourth-order valence-electron chi connectivity index (χ4n) is 4.49. The standard InChI is InChI=1S/C22H22F3N3/c23-12-17(13-24)27-10-4-3-7-20(27)22-19(14-26)18-9-8-15(25)11-21(18)28(22)16-5-1-2-6-16/h3-4,7-9,11,16-17H,1-2,5-6,10,12-13H2. The maximum Gasteiger partial charge on any atom is 0.125 e. The number of fused-ring (bicyclic) bond motifs is 1. The van der Waals surface area contributed by atoms with E-state index in [1.807, 2.05) is 16.7 Å². The van der Waals surface area contributed by atoms with Crippen LogP contribution in [0.3, 0.4) is 0 Å². The zero-order valence-electron chi connectivity index (χ0n) is 15.5. The molecule has 1 aliphatic carbocycles. The molecule has 1 aliphatic heterocycles. The molecule has 0 saturated heterocycles. The molecule has 146 valence electrons. The molecule has 6 heteroatoms. The van der Waals surface area contributed by atoms with Crippen molar-refractivity contribution in [3.63, 3.8) is 0 Å². The van der Waals surface area contributed by atoms with Crippen LogP contribution in [-0.4, -0.2) is 35.4 Å². The fraction of sp³-hybridized carbons (Fsp3) is 0.409. The summed E-state index contributed by atoms with van der Waals surface area (Å²) < 4.78 is 43.1. The lowest BCUT2D eigenvalue weighted by molar-refractivity contribution is 0.211. The van der Waals surface area contributed by atoms with E-state index in [1.165, 1.54) is 12.1 Å². The molecule has 1 saturated carbocycles. The average Bonchev–Trinajstić information content (AvgIpc) is 3.34. The van der Waals surface area contributed by atoms with Crippen LogP contribution < -0.4 is 0 Å². The third kappa shape index (κ3) is 2.99. The van der Waals surface area contributed by atoms with Gasteiger partial charge in [0.15, 0.2) is 0 Å². The van der Waals surface area contributed by atoms with Crippen molar-refractivity contribution >= 4 is 16.6 Å². The van der Waals surface area contributed by atoms with Crippen LogP contribution in [0.1, 0.15) is 43.0 Å². The predicted octanol–water partition coefficient (Wildman–Crippen LogP) is 5.29. The molecule has 0 spiro atoms. The molecule has 2 aromatic rings. The Morgan fingerprint density at radius 3 is 2.61 bits per heavy atom. The van der Waals surface area contributed by atoms with E-state index in [0.717, 1.165) is 25.7 Å². The number of allylic oxidation sites excluding steroid dienone is 2. The van der Waals surface area contributed by atoms with Crippen LogP contribution in [0, 0.1) is 17.1 Å². The van der Waals surface area contributed by atoms with Crippen molar-refractivity contribution in [2.75, 3.05) is 19.9 Å². The number of benzene rings is 1. The second-order valence-corrected chi connectivity index (χ2v) is 7.40. The van der Waals surface area contributed by atoms with Gasteiger partial charge in [-0.3, -0.25) is 0 Å². The molecule has 1 fully saturated rings. The topological polar surface area (TPSA) is 32.0 Å². The quantitative estimate of drug-likeness (QED) is 0.701. The van der Waals surface area contributed by atoms with Gasteiger partial charge in [-0.2, -0.15) is 5.26 Å². The van der Waals surface area contributed by atoms with Gasteiger partial charge in [-0.1, -0.05) is 25.0 Å². The number of nitrogens with zero attached hydrogens (tertiary/aromatic N) is 3. The van der Waals surface area contributed by atoms with E-state index in [-0.39, 0.29) is 11.9 Å². The molecular weight excluding hydrogens is 363 g/mol. The minimum absolute atomic E-state index is 0.143. The Kier molecular flexibility index (Phi) is 5.17. The Morgan fingerprint density at radius 1 is 1.18 bits per heavy atom. The zero-order valence-corrected chi connectivity index (χ0v) is 15.5. The fourth-order valence-corrected chi connectivity index (χ4v) is 4.49. The van der Waals surface area contributed by atoms with Gasteiger partial charge >= 0.3 is 0 Å². The van der Waals surface area contributed by atoms with Crippen molar-refractivity contribution in [2.45, 2.75) is 37.8 Å². The third-order valence-corrected chi connectivity index (χ3v) is 5.81. The van der Waals surface area contributed by atoms with E-state index in [9.17, 15) is 18.4 Å². The van der Waals surface area contributed by atoms with Crippen LogP contribution in [0.2, 0.25) is 0 Å². The average molecular weight is 385 g/mol. The summed E-state index contributed by atoms with van der Waals surface area (Å²) in [5.41, 5.74) is 2.38. The molecule has 28 heavy (non-hydrogen) atoms. The lowest BCUT2D eigenvalue weighted by Gasteiger charge is -2.34. The highest BCUT2D eigenvalue weighted by atomic mass is 19.1.